The van der Waals surface area contributed by atoms with E-state index in [-0.39, 0.29) is 29.9 Å². The van der Waals surface area contributed by atoms with Crippen molar-refractivity contribution in [2.24, 2.45) is 4.99 Å². The number of amides is 1. The van der Waals surface area contributed by atoms with E-state index in [1.165, 1.54) is 0 Å². The zero-order valence-corrected chi connectivity index (χ0v) is 16.2. The Morgan fingerprint density at radius 1 is 1.26 bits per heavy atom. The summed E-state index contributed by atoms with van der Waals surface area (Å²) in [6.07, 6.45) is 3.96. The monoisotopic (exact) mass is 430 g/mol. The highest BCUT2D eigenvalue weighted by atomic mass is 127. The fraction of sp³-hybridized carbons (Fsp3) is 0.412. The van der Waals surface area contributed by atoms with Gasteiger partial charge in [0.2, 0.25) is 0 Å². The van der Waals surface area contributed by atoms with Crippen molar-refractivity contribution in [3.05, 3.63) is 48.6 Å². The molecule has 0 radical (unpaired) electrons. The molecule has 128 valence electrons. The highest BCUT2D eigenvalue weighted by molar-refractivity contribution is 14.0. The molecule has 1 rings (SSSR count). The summed E-state index contributed by atoms with van der Waals surface area (Å²) in [6.45, 7) is 5.82. The lowest BCUT2D eigenvalue weighted by molar-refractivity contribution is 0.0954. The van der Waals surface area contributed by atoms with Gasteiger partial charge in [0.1, 0.15) is 0 Å². The first-order valence-electron chi connectivity index (χ1n) is 7.55. The molecular formula is C17H27IN4O. The minimum Gasteiger partial charge on any atom is -0.354 e. The van der Waals surface area contributed by atoms with Gasteiger partial charge in [0.25, 0.3) is 5.91 Å². The van der Waals surface area contributed by atoms with E-state index in [0.717, 1.165) is 25.3 Å². The zero-order chi connectivity index (χ0) is 16.2. The lowest BCUT2D eigenvalue weighted by Crippen LogP contribution is -2.42. The Morgan fingerprint density at radius 2 is 1.91 bits per heavy atom. The maximum atomic E-state index is 11.9. The normalized spacial score (nSPS) is 10.4. The summed E-state index contributed by atoms with van der Waals surface area (Å²) in [5.74, 6) is 0.773. The van der Waals surface area contributed by atoms with E-state index in [4.69, 9.17) is 0 Å². The summed E-state index contributed by atoms with van der Waals surface area (Å²) in [5.41, 5.74) is 0.674. The number of nitrogens with one attached hydrogen (secondary N) is 2. The number of guanidine groups is 1. The van der Waals surface area contributed by atoms with Crippen LogP contribution in [-0.4, -0.2) is 50.5 Å². The maximum Gasteiger partial charge on any atom is 0.251 e. The molecule has 0 saturated carbocycles. The Morgan fingerprint density at radius 3 is 2.52 bits per heavy atom. The molecule has 0 atom stereocenters. The number of carbonyl (C=O) groups is 1. The van der Waals surface area contributed by atoms with Crippen LogP contribution in [0.1, 0.15) is 23.2 Å². The summed E-state index contributed by atoms with van der Waals surface area (Å²) in [6, 6.07) is 9.20. The largest absolute Gasteiger partial charge is 0.354 e. The fourth-order valence-corrected chi connectivity index (χ4v) is 2.01. The van der Waals surface area contributed by atoms with Crippen molar-refractivity contribution in [3.63, 3.8) is 0 Å². The molecule has 0 saturated heterocycles. The van der Waals surface area contributed by atoms with Gasteiger partial charge >= 0.3 is 0 Å². The second-order valence-corrected chi connectivity index (χ2v) is 4.95. The number of hydrogen-bond acceptors (Lipinski definition) is 2. The summed E-state index contributed by atoms with van der Waals surface area (Å²) >= 11 is 0. The van der Waals surface area contributed by atoms with Crippen molar-refractivity contribution in [3.8, 4) is 0 Å². The van der Waals surface area contributed by atoms with Crippen LogP contribution in [0.3, 0.4) is 0 Å². The van der Waals surface area contributed by atoms with Crippen molar-refractivity contribution in [2.45, 2.75) is 12.8 Å². The molecule has 0 unspecified atom stereocenters. The molecule has 0 aromatic heterocycles. The maximum absolute atomic E-state index is 11.9. The molecule has 0 bridgehead atoms. The average molecular weight is 430 g/mol. The minimum absolute atomic E-state index is 0. The van der Waals surface area contributed by atoms with E-state index in [2.05, 4.69) is 27.1 Å². The van der Waals surface area contributed by atoms with E-state index < -0.39 is 0 Å². The van der Waals surface area contributed by atoms with Crippen LogP contribution >= 0.6 is 24.0 Å². The first-order chi connectivity index (χ1) is 10.7. The third kappa shape index (κ3) is 8.59. The first kappa shape index (κ1) is 21.4. The molecule has 5 nitrogen and oxygen atoms in total. The summed E-state index contributed by atoms with van der Waals surface area (Å²) in [4.78, 5) is 18.2. The standard InChI is InChI=1S/C17H26N4O.HI/c1-4-5-9-14-21(3)17(18-2)20-13-12-19-16(22)15-10-7-6-8-11-15;/h4,6-8,10-11H,1,5,9,12-14H2,2-3H3,(H,18,20)(H,19,22);1H. The third-order valence-electron chi connectivity index (χ3n) is 3.20. The molecular weight excluding hydrogens is 403 g/mol. The average Bonchev–Trinajstić information content (AvgIpc) is 2.55. The van der Waals surface area contributed by atoms with E-state index in [9.17, 15) is 4.79 Å². The van der Waals surface area contributed by atoms with Gasteiger partial charge in [0.15, 0.2) is 5.96 Å². The van der Waals surface area contributed by atoms with Gasteiger partial charge in [-0.15, -0.1) is 30.6 Å². The number of aliphatic imine (C=N–C) groups is 1. The Bertz CT molecular complexity index is 491. The Balaban J connectivity index is 0.00000484. The lowest BCUT2D eigenvalue weighted by Gasteiger charge is -2.21. The van der Waals surface area contributed by atoms with Crippen molar-refractivity contribution < 1.29 is 4.79 Å². The molecule has 1 aromatic rings. The lowest BCUT2D eigenvalue weighted by atomic mass is 10.2. The predicted octanol–water partition coefficient (Wildman–Crippen LogP) is 2.51. The topological polar surface area (TPSA) is 56.7 Å². The number of halogens is 1. The molecule has 1 amide bonds. The van der Waals surface area contributed by atoms with Crippen LogP contribution in [0.2, 0.25) is 0 Å². The molecule has 0 aliphatic carbocycles. The number of carbonyl (C=O) groups excluding carboxylic acids is 1. The van der Waals surface area contributed by atoms with Crippen LogP contribution in [0.5, 0.6) is 0 Å². The predicted molar refractivity (Wildman–Crippen MR) is 108 cm³/mol. The highest BCUT2D eigenvalue weighted by Crippen LogP contribution is 1.97. The van der Waals surface area contributed by atoms with E-state index in [1.807, 2.05) is 31.3 Å². The third-order valence-corrected chi connectivity index (χ3v) is 3.20. The number of rotatable bonds is 8. The number of nitrogens with zero attached hydrogens (tertiary/aromatic N) is 2. The van der Waals surface area contributed by atoms with Crippen LogP contribution < -0.4 is 10.6 Å². The van der Waals surface area contributed by atoms with Gasteiger partial charge in [0, 0.05) is 39.3 Å². The number of benzene rings is 1. The molecule has 6 heteroatoms. The van der Waals surface area contributed by atoms with E-state index in [0.29, 0.717) is 18.7 Å². The second-order valence-electron chi connectivity index (χ2n) is 4.95. The quantitative estimate of drug-likeness (QED) is 0.219. The molecule has 0 aliphatic rings. The molecule has 0 aliphatic heterocycles. The van der Waals surface area contributed by atoms with Gasteiger partial charge < -0.3 is 15.5 Å². The van der Waals surface area contributed by atoms with Crippen molar-refractivity contribution in [1.82, 2.24) is 15.5 Å². The first-order valence-corrected chi connectivity index (χ1v) is 7.55. The SMILES string of the molecule is C=CCCCN(C)C(=NC)NCCNC(=O)c1ccccc1.I. The molecule has 23 heavy (non-hydrogen) atoms. The van der Waals surface area contributed by atoms with Gasteiger partial charge in [-0.1, -0.05) is 24.3 Å². The Kier molecular flexibility index (Phi) is 12.0. The molecule has 0 spiro atoms. The number of hydrogen-bond donors (Lipinski definition) is 2. The minimum atomic E-state index is -0.0586. The second kappa shape index (κ2) is 12.9. The van der Waals surface area contributed by atoms with Crippen LogP contribution in [0, 0.1) is 0 Å². The van der Waals surface area contributed by atoms with Crippen LogP contribution in [0.15, 0.2) is 48.0 Å². The van der Waals surface area contributed by atoms with E-state index in [1.54, 1.807) is 19.2 Å². The summed E-state index contributed by atoms with van der Waals surface area (Å²) in [7, 11) is 3.76. The Hall–Kier alpha value is -1.57. The van der Waals surface area contributed by atoms with Crippen LogP contribution in [0.25, 0.3) is 0 Å². The fourth-order valence-electron chi connectivity index (χ4n) is 2.01. The van der Waals surface area contributed by atoms with E-state index >= 15 is 0 Å². The van der Waals surface area contributed by atoms with Gasteiger partial charge in [-0.05, 0) is 25.0 Å². The van der Waals surface area contributed by atoms with Gasteiger partial charge in [-0.2, -0.15) is 0 Å². The van der Waals surface area contributed by atoms with Gasteiger partial charge in [-0.3, -0.25) is 9.79 Å². The number of unbranched alkanes of at least 4 members (excludes halogenated alkanes) is 1. The molecule has 0 heterocycles. The van der Waals surface area contributed by atoms with Crippen molar-refractivity contribution in [2.75, 3.05) is 33.7 Å². The van der Waals surface area contributed by atoms with Gasteiger partial charge in [-0.25, -0.2) is 0 Å². The highest BCUT2D eigenvalue weighted by Gasteiger charge is 2.06. The zero-order valence-electron chi connectivity index (χ0n) is 13.9. The van der Waals surface area contributed by atoms with Gasteiger partial charge in [0.05, 0.1) is 0 Å². The summed E-state index contributed by atoms with van der Waals surface area (Å²) < 4.78 is 0. The van der Waals surface area contributed by atoms with Crippen LogP contribution in [-0.2, 0) is 0 Å². The number of allylic oxidation sites excluding steroid dienone is 1. The molecule has 1 aromatic carbocycles. The van der Waals surface area contributed by atoms with Crippen molar-refractivity contribution >= 4 is 35.8 Å². The smallest absolute Gasteiger partial charge is 0.251 e. The van der Waals surface area contributed by atoms with Crippen LogP contribution in [0.4, 0.5) is 0 Å². The summed E-state index contributed by atoms with van der Waals surface area (Å²) in [5, 5.41) is 6.12. The van der Waals surface area contributed by atoms with Crippen molar-refractivity contribution in [1.29, 1.82) is 0 Å². The molecule has 0 fully saturated rings. The Labute approximate surface area is 156 Å². The molecule has 2 N–H and O–H groups in total.